The maximum absolute atomic E-state index is 13.2. The molecule has 3 aromatic rings. The average Bonchev–Trinajstić information content (AvgIpc) is 3.10. The second-order valence-corrected chi connectivity index (χ2v) is 7.56. The Kier molecular flexibility index (Phi) is 3.76. The number of ether oxygens (including phenoxy) is 1. The van der Waals surface area contributed by atoms with Gasteiger partial charge in [0, 0.05) is 22.1 Å². The molecule has 2 N–H and O–H groups in total. The quantitative estimate of drug-likeness (QED) is 0.489. The van der Waals surface area contributed by atoms with E-state index in [2.05, 4.69) is 11.1 Å². The highest BCUT2D eigenvalue weighted by molar-refractivity contribution is 5.89. The first kappa shape index (κ1) is 18.3. The molecule has 8 nitrogen and oxygen atoms in total. The van der Waals surface area contributed by atoms with Crippen molar-refractivity contribution in [2.45, 2.75) is 38.5 Å². The van der Waals surface area contributed by atoms with Crippen molar-refractivity contribution in [2.24, 2.45) is 0 Å². The number of phenolic OH excluding ortho intramolecular Hbond substituents is 1. The Hall–Kier alpha value is -3.70. The molecule has 0 saturated carbocycles. The Labute approximate surface area is 170 Å². The van der Waals surface area contributed by atoms with Gasteiger partial charge in [0.2, 0.25) is 0 Å². The lowest BCUT2D eigenvalue weighted by Gasteiger charge is -2.31. The third kappa shape index (κ3) is 2.27. The number of rotatable bonds is 2. The number of hydrogen-bond acceptors (Lipinski definition) is 7. The zero-order chi connectivity index (χ0) is 21.2. The van der Waals surface area contributed by atoms with Crippen LogP contribution < -0.4 is 5.56 Å². The standard InChI is InChI=1S/C22H17N3O5/c1-2-22(29)15-8-17-19-11(9-25(17)20(27)14(15)10-30-21(22)28)7-13-12(5-6-23)18(26)4-3-16(13)24-19/h3-4,7-8,26,29H,2,5,9-10H2,1H3/t22-/m0/s1. The van der Waals surface area contributed by atoms with E-state index in [1.165, 1.54) is 6.07 Å². The van der Waals surface area contributed by atoms with Crippen molar-refractivity contribution in [1.82, 2.24) is 9.55 Å². The zero-order valence-electron chi connectivity index (χ0n) is 16.1. The van der Waals surface area contributed by atoms with Crippen LogP contribution in [0.1, 0.15) is 35.6 Å². The maximum atomic E-state index is 13.2. The van der Waals surface area contributed by atoms with Crippen LogP contribution in [0.2, 0.25) is 0 Å². The predicted molar refractivity (Wildman–Crippen MR) is 106 cm³/mol. The Morgan fingerprint density at radius 1 is 1.33 bits per heavy atom. The first-order chi connectivity index (χ1) is 14.4. The molecular formula is C22H17N3O5. The van der Waals surface area contributed by atoms with Crippen molar-refractivity contribution < 1.29 is 19.7 Å². The molecule has 0 amide bonds. The summed E-state index contributed by atoms with van der Waals surface area (Å²) in [7, 11) is 0. The van der Waals surface area contributed by atoms with Gasteiger partial charge in [-0.05, 0) is 30.7 Å². The number of aromatic hydroxyl groups is 1. The summed E-state index contributed by atoms with van der Waals surface area (Å²) in [6.07, 6.45) is 0.115. The molecule has 2 aliphatic heterocycles. The third-order valence-electron chi connectivity index (χ3n) is 6.03. The molecule has 2 aliphatic rings. The van der Waals surface area contributed by atoms with Gasteiger partial charge in [-0.15, -0.1) is 0 Å². The van der Waals surface area contributed by atoms with Crippen molar-refractivity contribution >= 4 is 16.9 Å². The van der Waals surface area contributed by atoms with Gasteiger partial charge in [-0.3, -0.25) is 4.79 Å². The molecule has 30 heavy (non-hydrogen) atoms. The second-order valence-electron chi connectivity index (χ2n) is 7.56. The zero-order valence-corrected chi connectivity index (χ0v) is 16.1. The number of carbonyl (C=O) groups is 1. The summed E-state index contributed by atoms with van der Waals surface area (Å²) in [5, 5.41) is 30.8. The summed E-state index contributed by atoms with van der Waals surface area (Å²) in [6, 6.07) is 8.69. The van der Waals surface area contributed by atoms with Gasteiger partial charge in [0.25, 0.3) is 5.56 Å². The van der Waals surface area contributed by atoms with E-state index in [0.717, 1.165) is 5.56 Å². The number of carbonyl (C=O) groups excluding carboxylic acids is 1. The summed E-state index contributed by atoms with van der Waals surface area (Å²) in [5.41, 5.74) is 1.27. The molecule has 8 heteroatoms. The summed E-state index contributed by atoms with van der Waals surface area (Å²) < 4.78 is 6.62. The van der Waals surface area contributed by atoms with Crippen LogP contribution in [-0.2, 0) is 34.7 Å². The normalized spacial score (nSPS) is 19.0. The minimum absolute atomic E-state index is 0.0256. The fourth-order valence-electron chi connectivity index (χ4n) is 4.36. The van der Waals surface area contributed by atoms with Gasteiger partial charge < -0.3 is 19.5 Å². The molecule has 0 bridgehead atoms. The molecule has 0 radical (unpaired) electrons. The van der Waals surface area contributed by atoms with Gasteiger partial charge in [-0.25, -0.2) is 9.78 Å². The highest BCUT2D eigenvalue weighted by atomic mass is 16.6. The molecule has 0 unspecified atom stereocenters. The number of nitrogens with zero attached hydrogens (tertiary/aromatic N) is 3. The van der Waals surface area contributed by atoms with Gasteiger partial charge in [0.15, 0.2) is 5.60 Å². The summed E-state index contributed by atoms with van der Waals surface area (Å²) in [4.78, 5) is 30.1. The number of fused-ring (bicyclic) bond motifs is 5. The van der Waals surface area contributed by atoms with Crippen LogP contribution in [0.5, 0.6) is 5.75 Å². The molecular weight excluding hydrogens is 386 g/mol. The van der Waals surface area contributed by atoms with Crippen molar-refractivity contribution in [3.8, 4) is 23.2 Å². The van der Waals surface area contributed by atoms with Gasteiger partial charge in [0.1, 0.15) is 12.4 Å². The van der Waals surface area contributed by atoms with Gasteiger partial charge in [-0.2, -0.15) is 5.26 Å². The Bertz CT molecular complexity index is 1370. The van der Waals surface area contributed by atoms with E-state index in [-0.39, 0.29) is 48.4 Å². The minimum Gasteiger partial charge on any atom is -0.508 e. The highest BCUT2D eigenvalue weighted by Crippen LogP contribution is 2.39. The van der Waals surface area contributed by atoms with E-state index in [0.29, 0.717) is 27.9 Å². The van der Waals surface area contributed by atoms with Gasteiger partial charge >= 0.3 is 5.97 Å². The lowest BCUT2D eigenvalue weighted by Crippen LogP contribution is -2.44. The molecule has 1 aromatic carbocycles. The number of benzene rings is 1. The molecule has 150 valence electrons. The van der Waals surface area contributed by atoms with E-state index < -0.39 is 11.6 Å². The van der Waals surface area contributed by atoms with Crippen LogP contribution in [-0.4, -0.2) is 25.7 Å². The fraction of sp³-hybridized carbons (Fsp3) is 0.273. The smallest absolute Gasteiger partial charge is 0.343 e. The van der Waals surface area contributed by atoms with Crippen LogP contribution in [0.15, 0.2) is 29.1 Å². The highest BCUT2D eigenvalue weighted by Gasteiger charge is 2.45. The molecule has 0 saturated heterocycles. The Morgan fingerprint density at radius 3 is 2.87 bits per heavy atom. The average molecular weight is 403 g/mol. The number of phenols is 1. The number of aliphatic hydroxyl groups is 1. The molecule has 4 heterocycles. The van der Waals surface area contributed by atoms with Crippen LogP contribution in [0, 0.1) is 11.3 Å². The van der Waals surface area contributed by atoms with Crippen LogP contribution in [0.25, 0.3) is 22.3 Å². The number of aromatic nitrogens is 2. The SMILES string of the molecule is CC[C@@]1(O)C(=O)OCc2c1cc1n(c2=O)Cc2cc3c(CC#N)c(O)ccc3nc2-1. The van der Waals surface area contributed by atoms with Crippen LogP contribution in [0.3, 0.4) is 0 Å². The summed E-state index contributed by atoms with van der Waals surface area (Å²) in [6.45, 7) is 1.74. The van der Waals surface area contributed by atoms with E-state index >= 15 is 0 Å². The van der Waals surface area contributed by atoms with E-state index in [1.54, 1.807) is 23.6 Å². The van der Waals surface area contributed by atoms with Crippen molar-refractivity contribution in [3.05, 3.63) is 56.9 Å². The van der Waals surface area contributed by atoms with E-state index in [4.69, 9.17) is 10.00 Å². The fourth-order valence-corrected chi connectivity index (χ4v) is 4.36. The van der Waals surface area contributed by atoms with Crippen LogP contribution in [0.4, 0.5) is 0 Å². The van der Waals surface area contributed by atoms with Gasteiger partial charge in [-0.1, -0.05) is 6.92 Å². The first-order valence-corrected chi connectivity index (χ1v) is 9.57. The largest absolute Gasteiger partial charge is 0.508 e. The lowest BCUT2D eigenvalue weighted by molar-refractivity contribution is -0.172. The van der Waals surface area contributed by atoms with E-state index in [9.17, 15) is 19.8 Å². The lowest BCUT2D eigenvalue weighted by atomic mass is 9.86. The first-order valence-electron chi connectivity index (χ1n) is 9.57. The van der Waals surface area contributed by atoms with E-state index in [1.807, 2.05) is 6.07 Å². The van der Waals surface area contributed by atoms with Gasteiger partial charge in [0.05, 0.1) is 41.5 Å². The van der Waals surface area contributed by atoms with Crippen molar-refractivity contribution in [3.63, 3.8) is 0 Å². The topological polar surface area (TPSA) is 125 Å². The second kappa shape index (κ2) is 6.15. The number of esters is 1. The molecule has 2 aromatic heterocycles. The minimum atomic E-state index is -1.87. The number of nitriles is 1. The predicted octanol–water partition coefficient (Wildman–Crippen LogP) is 1.85. The number of hydrogen-bond donors (Lipinski definition) is 2. The van der Waals surface area contributed by atoms with Crippen molar-refractivity contribution in [1.29, 1.82) is 5.26 Å². The molecule has 1 atom stereocenters. The summed E-state index contributed by atoms with van der Waals surface area (Å²) >= 11 is 0. The molecule has 0 aliphatic carbocycles. The number of pyridine rings is 2. The Morgan fingerprint density at radius 2 is 2.13 bits per heavy atom. The molecule has 5 rings (SSSR count). The maximum Gasteiger partial charge on any atom is 0.343 e. The van der Waals surface area contributed by atoms with Crippen molar-refractivity contribution in [2.75, 3.05) is 0 Å². The molecule has 0 spiro atoms. The Balaban J connectivity index is 1.78. The third-order valence-corrected chi connectivity index (χ3v) is 6.03. The monoisotopic (exact) mass is 403 g/mol. The number of cyclic esters (lactones) is 1. The molecule has 0 fully saturated rings. The van der Waals surface area contributed by atoms with Crippen LogP contribution >= 0.6 is 0 Å². The summed E-state index contributed by atoms with van der Waals surface area (Å²) in [5.74, 6) is -0.735.